The Kier molecular flexibility index (Phi) is 4.90. The van der Waals surface area contributed by atoms with Crippen LogP contribution in [0.25, 0.3) is 16.2 Å². The third-order valence-corrected chi connectivity index (χ3v) is 3.78. The van der Waals surface area contributed by atoms with Crippen LogP contribution in [-0.2, 0) is 11.3 Å². The molecule has 26 heavy (non-hydrogen) atoms. The Bertz CT molecular complexity index is 983. The molecule has 0 saturated carbocycles. The Morgan fingerprint density at radius 3 is 2.69 bits per heavy atom. The molecule has 0 unspecified atom stereocenters. The highest BCUT2D eigenvalue weighted by Crippen LogP contribution is 2.24. The van der Waals surface area contributed by atoms with Crippen LogP contribution in [0.1, 0.15) is 5.69 Å². The van der Waals surface area contributed by atoms with E-state index in [4.69, 9.17) is 23.5 Å². The van der Waals surface area contributed by atoms with Gasteiger partial charge in [-0.05, 0) is 24.5 Å². The Morgan fingerprint density at radius 2 is 2.08 bits per heavy atom. The van der Waals surface area contributed by atoms with Crippen molar-refractivity contribution >= 4 is 23.1 Å². The number of thiocarbonyl (C=S) groups is 1. The Hall–Kier alpha value is -3.32. The lowest BCUT2D eigenvalue weighted by molar-refractivity contribution is 0.392. The maximum Gasteiger partial charge on any atom is 0.256 e. The van der Waals surface area contributed by atoms with Crippen molar-refractivity contribution in [3.8, 4) is 11.4 Å². The van der Waals surface area contributed by atoms with E-state index in [-0.39, 0.29) is 28.8 Å². The van der Waals surface area contributed by atoms with E-state index in [2.05, 4.69) is 20.5 Å². The van der Waals surface area contributed by atoms with Crippen molar-refractivity contribution < 1.29 is 13.5 Å². The zero-order valence-corrected chi connectivity index (χ0v) is 14.3. The molecule has 10 heteroatoms. The zero-order valence-electron chi connectivity index (χ0n) is 13.5. The van der Waals surface area contributed by atoms with Gasteiger partial charge in [0.05, 0.1) is 32.1 Å². The van der Waals surface area contributed by atoms with Crippen molar-refractivity contribution in [3.05, 3.63) is 65.5 Å². The first-order chi connectivity index (χ1) is 12.5. The molecule has 0 radical (unpaired) electrons. The van der Waals surface area contributed by atoms with Crippen LogP contribution in [0.15, 0.2) is 36.8 Å². The molecule has 0 fully saturated rings. The molecular weight excluding hydrogens is 362 g/mol. The van der Waals surface area contributed by atoms with Gasteiger partial charge in [0.1, 0.15) is 11.4 Å². The van der Waals surface area contributed by atoms with Gasteiger partial charge in [-0.15, -0.1) is 5.10 Å². The average molecular weight is 374 g/mol. The van der Waals surface area contributed by atoms with Crippen molar-refractivity contribution in [1.82, 2.24) is 24.9 Å². The van der Waals surface area contributed by atoms with Gasteiger partial charge in [-0.2, -0.15) is 0 Å². The standard InChI is InChI=1S/C16H12F2N6OS/c1-19-10-3-4-23(8-10)15-13(17)5-12(6-14(15)18)24-9-11(21-22-24)7-20-16(26)25-2/h3-6,8-9H,7H2,2H3,(H,20,26). The van der Waals surface area contributed by atoms with Crippen LogP contribution in [0.3, 0.4) is 0 Å². The van der Waals surface area contributed by atoms with Gasteiger partial charge < -0.3 is 14.6 Å². The fourth-order valence-corrected chi connectivity index (χ4v) is 2.33. The Balaban J connectivity index is 1.87. The Morgan fingerprint density at radius 1 is 1.35 bits per heavy atom. The average Bonchev–Trinajstić information content (AvgIpc) is 3.28. The number of hydrogen-bond donors (Lipinski definition) is 1. The van der Waals surface area contributed by atoms with Crippen molar-refractivity contribution in [2.45, 2.75) is 6.54 Å². The highest BCUT2D eigenvalue weighted by molar-refractivity contribution is 7.80. The topological polar surface area (TPSA) is 61.3 Å². The van der Waals surface area contributed by atoms with Crippen LogP contribution in [0, 0.1) is 18.2 Å². The van der Waals surface area contributed by atoms with Crippen LogP contribution in [0.5, 0.6) is 0 Å². The quantitative estimate of drug-likeness (QED) is 0.562. The van der Waals surface area contributed by atoms with Crippen molar-refractivity contribution in [3.63, 3.8) is 0 Å². The number of halogens is 2. The van der Waals surface area contributed by atoms with Gasteiger partial charge in [-0.1, -0.05) is 5.21 Å². The molecule has 0 aliphatic heterocycles. The molecule has 2 aromatic heterocycles. The van der Waals surface area contributed by atoms with Gasteiger partial charge in [0.25, 0.3) is 5.17 Å². The predicted octanol–water partition coefficient (Wildman–Crippen LogP) is 2.91. The molecule has 1 N–H and O–H groups in total. The molecule has 0 bridgehead atoms. The van der Waals surface area contributed by atoms with E-state index in [0.717, 1.165) is 12.1 Å². The highest BCUT2D eigenvalue weighted by atomic mass is 32.1. The van der Waals surface area contributed by atoms with E-state index in [0.29, 0.717) is 5.69 Å². The van der Waals surface area contributed by atoms with Gasteiger partial charge in [-0.25, -0.2) is 18.3 Å². The summed E-state index contributed by atoms with van der Waals surface area (Å²) in [6, 6.07) is 3.75. The van der Waals surface area contributed by atoms with Crippen molar-refractivity contribution in [2.75, 3.05) is 7.11 Å². The molecule has 0 amide bonds. The number of aromatic nitrogens is 4. The minimum atomic E-state index is -0.789. The summed E-state index contributed by atoms with van der Waals surface area (Å²) in [6.45, 7) is 7.20. The first kappa shape index (κ1) is 17.5. The third-order valence-electron chi connectivity index (χ3n) is 3.47. The predicted molar refractivity (Wildman–Crippen MR) is 93.3 cm³/mol. The number of nitrogens with zero attached hydrogens (tertiary/aromatic N) is 5. The van der Waals surface area contributed by atoms with Crippen LogP contribution in [0.4, 0.5) is 14.5 Å². The molecule has 2 heterocycles. The van der Waals surface area contributed by atoms with Gasteiger partial charge in [0.2, 0.25) is 5.69 Å². The summed E-state index contributed by atoms with van der Waals surface area (Å²) in [5.74, 6) is -1.58. The van der Waals surface area contributed by atoms with Crippen LogP contribution in [0.2, 0.25) is 0 Å². The molecule has 7 nitrogen and oxygen atoms in total. The summed E-state index contributed by atoms with van der Waals surface area (Å²) in [5.41, 5.74) is 0.710. The lowest BCUT2D eigenvalue weighted by Gasteiger charge is -2.09. The van der Waals surface area contributed by atoms with Crippen LogP contribution < -0.4 is 5.32 Å². The first-order valence-electron chi connectivity index (χ1n) is 7.30. The maximum absolute atomic E-state index is 14.5. The number of rotatable bonds is 4. The first-order valence-corrected chi connectivity index (χ1v) is 7.71. The van der Waals surface area contributed by atoms with Crippen LogP contribution in [-0.4, -0.2) is 31.8 Å². The SMILES string of the molecule is [C-]#[N+]c1ccn(-c2c(F)cc(-n3cc(CNC(=S)OC)nn3)cc2F)c1. The molecule has 132 valence electrons. The monoisotopic (exact) mass is 374 g/mol. The molecule has 3 rings (SSSR count). The Labute approximate surface area is 152 Å². The highest BCUT2D eigenvalue weighted by Gasteiger charge is 2.15. The normalized spacial score (nSPS) is 10.4. The second kappa shape index (κ2) is 7.28. The number of benzene rings is 1. The van der Waals surface area contributed by atoms with Crippen molar-refractivity contribution in [2.24, 2.45) is 0 Å². The molecule has 1 aromatic carbocycles. The van der Waals surface area contributed by atoms with Gasteiger partial charge in [0.15, 0.2) is 11.6 Å². The number of ether oxygens (including phenoxy) is 1. The molecular formula is C16H12F2N6OS. The third kappa shape index (κ3) is 3.52. The fourth-order valence-electron chi connectivity index (χ4n) is 2.26. The molecule has 0 saturated heterocycles. The van der Waals surface area contributed by atoms with E-state index < -0.39 is 11.6 Å². The molecule has 0 atom stereocenters. The number of methoxy groups -OCH3 is 1. The van der Waals surface area contributed by atoms with Crippen molar-refractivity contribution in [1.29, 1.82) is 0 Å². The van der Waals surface area contributed by atoms with Crippen LogP contribution >= 0.6 is 12.2 Å². The number of nitrogens with one attached hydrogen (secondary N) is 1. The zero-order chi connectivity index (χ0) is 18.7. The summed E-state index contributed by atoms with van der Waals surface area (Å²) in [4.78, 5) is 3.22. The van der Waals surface area contributed by atoms with E-state index in [1.54, 1.807) is 0 Å². The maximum atomic E-state index is 14.5. The molecule has 0 aliphatic carbocycles. The van der Waals surface area contributed by atoms with E-state index in [1.165, 1.54) is 41.0 Å². The van der Waals surface area contributed by atoms with E-state index in [1.807, 2.05) is 0 Å². The fraction of sp³-hybridized carbons (Fsp3) is 0.125. The minimum Gasteiger partial charge on any atom is -0.474 e. The second-order valence-corrected chi connectivity index (χ2v) is 5.52. The lowest BCUT2D eigenvalue weighted by Crippen LogP contribution is -2.22. The number of hydrogen-bond acceptors (Lipinski definition) is 4. The molecule has 3 aromatic rings. The summed E-state index contributed by atoms with van der Waals surface area (Å²) < 4.78 is 36.2. The summed E-state index contributed by atoms with van der Waals surface area (Å²) in [5, 5.41) is 10.8. The largest absolute Gasteiger partial charge is 0.474 e. The molecule has 0 aliphatic rings. The van der Waals surface area contributed by atoms with Gasteiger partial charge in [-0.3, -0.25) is 0 Å². The minimum absolute atomic E-state index is 0.175. The molecule has 0 spiro atoms. The summed E-state index contributed by atoms with van der Waals surface area (Å²) in [6.07, 6.45) is 4.30. The summed E-state index contributed by atoms with van der Waals surface area (Å²) in [7, 11) is 1.44. The van der Waals surface area contributed by atoms with Gasteiger partial charge in [0, 0.05) is 18.3 Å². The van der Waals surface area contributed by atoms with Gasteiger partial charge >= 0.3 is 0 Å². The smallest absolute Gasteiger partial charge is 0.256 e. The lowest BCUT2D eigenvalue weighted by atomic mass is 10.2. The second-order valence-electron chi connectivity index (χ2n) is 5.15. The summed E-state index contributed by atoms with van der Waals surface area (Å²) >= 11 is 4.85. The van der Waals surface area contributed by atoms with E-state index in [9.17, 15) is 8.78 Å². The van der Waals surface area contributed by atoms with E-state index >= 15 is 0 Å².